The molecule has 1 aromatic carbocycles. The van der Waals surface area contributed by atoms with Gasteiger partial charge in [-0.25, -0.2) is 13.2 Å². The van der Waals surface area contributed by atoms with E-state index in [1.807, 2.05) is 0 Å². The number of carbonyl (C=O) groups is 2. The van der Waals surface area contributed by atoms with Crippen molar-refractivity contribution in [3.05, 3.63) is 35.1 Å². The van der Waals surface area contributed by atoms with E-state index in [0.29, 0.717) is 39.1 Å². The van der Waals surface area contributed by atoms with Crippen LogP contribution in [0.5, 0.6) is 0 Å². The van der Waals surface area contributed by atoms with Crippen molar-refractivity contribution >= 4 is 11.8 Å². The highest BCUT2D eigenvalue weighted by Gasteiger charge is 2.31. The summed E-state index contributed by atoms with van der Waals surface area (Å²) < 4.78 is 45.6. The van der Waals surface area contributed by atoms with Crippen molar-refractivity contribution < 1.29 is 27.5 Å². The minimum Gasteiger partial charge on any atom is -0.368 e. The third-order valence-corrected chi connectivity index (χ3v) is 4.57. The molecule has 0 aliphatic carbocycles. The van der Waals surface area contributed by atoms with Gasteiger partial charge in [-0.15, -0.1) is 0 Å². The van der Waals surface area contributed by atoms with Crippen molar-refractivity contribution in [1.82, 2.24) is 9.80 Å². The normalized spacial score (nSPS) is 21.3. The van der Waals surface area contributed by atoms with Crippen LogP contribution < -0.4 is 0 Å². The largest absolute Gasteiger partial charge is 0.368 e. The molecule has 0 aromatic heterocycles. The van der Waals surface area contributed by atoms with Crippen molar-refractivity contribution in [2.45, 2.75) is 25.4 Å². The highest BCUT2D eigenvalue weighted by Crippen LogP contribution is 2.19. The molecule has 1 aromatic rings. The van der Waals surface area contributed by atoms with E-state index < -0.39 is 35.0 Å². The zero-order valence-corrected chi connectivity index (χ0v) is 13.6. The fourth-order valence-corrected chi connectivity index (χ4v) is 3.18. The van der Waals surface area contributed by atoms with Crippen molar-refractivity contribution in [2.24, 2.45) is 0 Å². The summed E-state index contributed by atoms with van der Waals surface area (Å²) in [6.07, 6.45) is 1.64. The molecular formula is C17H19F3N2O3. The highest BCUT2D eigenvalue weighted by molar-refractivity contribution is 5.94. The number of rotatable bonds is 2. The first-order valence-electron chi connectivity index (χ1n) is 8.32. The van der Waals surface area contributed by atoms with Crippen LogP contribution in [0.15, 0.2) is 12.1 Å². The summed E-state index contributed by atoms with van der Waals surface area (Å²) in [5, 5.41) is 0. The van der Waals surface area contributed by atoms with Gasteiger partial charge in [0.2, 0.25) is 0 Å². The molecule has 2 heterocycles. The Morgan fingerprint density at radius 2 is 1.68 bits per heavy atom. The summed E-state index contributed by atoms with van der Waals surface area (Å²) in [5.74, 6) is -5.27. The van der Waals surface area contributed by atoms with Gasteiger partial charge in [-0.2, -0.15) is 0 Å². The van der Waals surface area contributed by atoms with Gasteiger partial charge >= 0.3 is 0 Å². The van der Waals surface area contributed by atoms with E-state index in [4.69, 9.17) is 4.74 Å². The van der Waals surface area contributed by atoms with Gasteiger partial charge in [0.05, 0.1) is 5.56 Å². The van der Waals surface area contributed by atoms with Crippen molar-refractivity contribution in [2.75, 3.05) is 32.8 Å². The van der Waals surface area contributed by atoms with Crippen LogP contribution in [0, 0.1) is 17.5 Å². The summed E-state index contributed by atoms with van der Waals surface area (Å²) >= 11 is 0. The zero-order chi connectivity index (χ0) is 18.0. The molecule has 136 valence electrons. The number of hydrogen-bond acceptors (Lipinski definition) is 3. The summed E-state index contributed by atoms with van der Waals surface area (Å²) in [7, 11) is 0. The van der Waals surface area contributed by atoms with E-state index in [-0.39, 0.29) is 12.5 Å². The molecule has 0 N–H and O–H groups in total. The van der Waals surface area contributed by atoms with Gasteiger partial charge in [-0.05, 0) is 31.4 Å². The molecule has 2 aliphatic rings. The van der Waals surface area contributed by atoms with E-state index in [9.17, 15) is 22.8 Å². The number of benzene rings is 1. The Hall–Kier alpha value is -2.09. The molecule has 1 atom stereocenters. The van der Waals surface area contributed by atoms with E-state index in [2.05, 4.69) is 0 Å². The summed E-state index contributed by atoms with van der Waals surface area (Å²) in [4.78, 5) is 27.8. The van der Waals surface area contributed by atoms with Crippen LogP contribution in [0.2, 0.25) is 0 Å². The zero-order valence-electron chi connectivity index (χ0n) is 13.6. The van der Waals surface area contributed by atoms with Gasteiger partial charge in [0, 0.05) is 32.8 Å². The number of ether oxygens (including phenoxy) is 1. The van der Waals surface area contributed by atoms with Gasteiger partial charge in [-0.1, -0.05) is 0 Å². The molecule has 3 rings (SSSR count). The smallest absolute Gasteiger partial charge is 0.257 e. The molecule has 5 nitrogen and oxygen atoms in total. The Balaban J connectivity index is 1.67. The molecular weight excluding hydrogens is 337 g/mol. The third kappa shape index (κ3) is 3.63. The van der Waals surface area contributed by atoms with Gasteiger partial charge in [0.25, 0.3) is 11.8 Å². The fourth-order valence-electron chi connectivity index (χ4n) is 3.18. The van der Waals surface area contributed by atoms with E-state index in [1.165, 1.54) is 4.90 Å². The lowest BCUT2D eigenvalue weighted by atomic mass is 10.1. The molecule has 0 saturated carbocycles. The quantitative estimate of drug-likeness (QED) is 0.761. The van der Waals surface area contributed by atoms with Crippen LogP contribution in [-0.2, 0) is 9.53 Å². The Kier molecular flexibility index (Phi) is 5.27. The minimum atomic E-state index is -1.66. The number of halogens is 3. The summed E-state index contributed by atoms with van der Waals surface area (Å²) in [6, 6.07) is 1.67. The van der Waals surface area contributed by atoms with E-state index in [1.54, 1.807) is 4.90 Å². The van der Waals surface area contributed by atoms with Crippen LogP contribution in [-0.4, -0.2) is 60.5 Å². The summed E-state index contributed by atoms with van der Waals surface area (Å²) in [5.41, 5.74) is -0.502. The van der Waals surface area contributed by atoms with Gasteiger partial charge in [-0.3, -0.25) is 9.59 Å². The molecule has 0 bridgehead atoms. The average molecular weight is 356 g/mol. The predicted octanol–water partition coefficient (Wildman–Crippen LogP) is 1.96. The fraction of sp³-hybridized carbons (Fsp3) is 0.529. The predicted molar refractivity (Wildman–Crippen MR) is 82.4 cm³/mol. The second kappa shape index (κ2) is 7.43. The first-order valence-corrected chi connectivity index (χ1v) is 8.32. The second-order valence-corrected chi connectivity index (χ2v) is 6.20. The maximum Gasteiger partial charge on any atom is 0.257 e. The van der Waals surface area contributed by atoms with E-state index >= 15 is 0 Å². The number of amides is 2. The second-order valence-electron chi connectivity index (χ2n) is 6.20. The maximum absolute atomic E-state index is 13.8. The van der Waals surface area contributed by atoms with Gasteiger partial charge < -0.3 is 14.5 Å². The number of carbonyl (C=O) groups excluding carboxylic acids is 2. The molecule has 1 unspecified atom stereocenters. The standard InChI is InChI=1S/C17H19F3N2O3/c18-12-5-4-11(14(19)15(12)20)16(23)21-6-2-7-22(9-8-21)17(24)13-3-1-10-25-13/h4-5,13H,1-3,6-10H2. The lowest BCUT2D eigenvalue weighted by Gasteiger charge is -2.24. The molecule has 2 amide bonds. The molecule has 2 aliphatic heterocycles. The van der Waals surface area contributed by atoms with E-state index in [0.717, 1.165) is 18.6 Å². The SMILES string of the molecule is O=C(c1ccc(F)c(F)c1F)N1CCCN(C(=O)C2CCCO2)CC1. The van der Waals surface area contributed by atoms with Crippen molar-refractivity contribution in [3.63, 3.8) is 0 Å². The van der Waals surface area contributed by atoms with Crippen LogP contribution in [0.4, 0.5) is 13.2 Å². The lowest BCUT2D eigenvalue weighted by molar-refractivity contribution is -0.140. The third-order valence-electron chi connectivity index (χ3n) is 4.57. The summed E-state index contributed by atoms with van der Waals surface area (Å²) in [6.45, 7) is 1.87. The van der Waals surface area contributed by atoms with Crippen molar-refractivity contribution in [1.29, 1.82) is 0 Å². The monoisotopic (exact) mass is 356 g/mol. The van der Waals surface area contributed by atoms with Crippen LogP contribution in [0.1, 0.15) is 29.6 Å². The maximum atomic E-state index is 13.8. The molecule has 0 spiro atoms. The first kappa shape index (κ1) is 17.7. The first-order chi connectivity index (χ1) is 12.0. The molecule has 8 heteroatoms. The minimum absolute atomic E-state index is 0.0918. The van der Waals surface area contributed by atoms with Crippen LogP contribution in [0.25, 0.3) is 0 Å². The lowest BCUT2D eigenvalue weighted by Crippen LogP contribution is -2.42. The Labute approximate surface area is 143 Å². The Morgan fingerprint density at radius 1 is 0.960 bits per heavy atom. The average Bonchev–Trinajstić information content (AvgIpc) is 3.03. The molecule has 0 radical (unpaired) electrons. The highest BCUT2D eigenvalue weighted by atomic mass is 19.2. The number of hydrogen-bond donors (Lipinski definition) is 0. The molecule has 25 heavy (non-hydrogen) atoms. The van der Waals surface area contributed by atoms with Crippen LogP contribution >= 0.6 is 0 Å². The Bertz CT molecular complexity index is 677. The van der Waals surface area contributed by atoms with Crippen molar-refractivity contribution in [3.8, 4) is 0 Å². The number of nitrogens with zero attached hydrogens (tertiary/aromatic N) is 2. The Morgan fingerprint density at radius 3 is 2.40 bits per heavy atom. The van der Waals surface area contributed by atoms with Gasteiger partial charge in [0.15, 0.2) is 17.5 Å². The van der Waals surface area contributed by atoms with Gasteiger partial charge in [0.1, 0.15) is 6.10 Å². The topological polar surface area (TPSA) is 49.9 Å². The van der Waals surface area contributed by atoms with Crippen LogP contribution in [0.3, 0.4) is 0 Å². The molecule has 2 fully saturated rings. The molecule has 2 saturated heterocycles.